The van der Waals surface area contributed by atoms with Crippen LogP contribution in [0.25, 0.3) is 26.4 Å². The van der Waals surface area contributed by atoms with Gasteiger partial charge in [0.05, 0.1) is 27.2 Å². The summed E-state index contributed by atoms with van der Waals surface area (Å²) in [7, 11) is 0. The van der Waals surface area contributed by atoms with Gasteiger partial charge in [-0.05, 0) is 63.1 Å². The normalized spacial score (nSPS) is 13.7. The number of carboxylic acid groups (broad SMARTS) is 1. The zero-order valence-corrected chi connectivity index (χ0v) is 18.5. The minimum atomic E-state index is -0.992. The van der Waals surface area contributed by atoms with Crippen molar-refractivity contribution in [3.05, 3.63) is 53.5 Å². The van der Waals surface area contributed by atoms with Gasteiger partial charge in [0.25, 0.3) is 0 Å². The molecule has 0 fully saturated rings. The zero-order chi connectivity index (χ0) is 22.8. The van der Waals surface area contributed by atoms with E-state index < -0.39 is 23.5 Å². The SMILES string of the molecule is CC(C)(C)OC(=O)N1CCc2cc(F)c(-c3cn4c(n3)sc3cc(C(=O)O)ccc34)cc21. The molecule has 2 aromatic heterocycles. The lowest BCUT2D eigenvalue weighted by atomic mass is 10.1. The highest BCUT2D eigenvalue weighted by Gasteiger charge is 2.30. The number of fused-ring (bicyclic) bond motifs is 4. The number of benzene rings is 2. The second-order valence-corrected chi connectivity index (χ2v) is 9.72. The lowest BCUT2D eigenvalue weighted by Gasteiger charge is -2.25. The van der Waals surface area contributed by atoms with Crippen LogP contribution in [-0.4, -0.2) is 38.7 Å². The van der Waals surface area contributed by atoms with Crippen LogP contribution in [0.2, 0.25) is 0 Å². The van der Waals surface area contributed by atoms with E-state index >= 15 is 0 Å². The molecule has 4 aromatic rings. The van der Waals surface area contributed by atoms with Gasteiger partial charge in [0, 0.05) is 18.3 Å². The standard InChI is InChI=1S/C23H20FN3O4S/c1-23(2,3)31-22(30)26-7-6-12-8-15(24)14(10-18(12)26)16-11-27-17-5-4-13(20(28)29)9-19(17)32-21(27)25-16/h4-5,8-11H,6-7H2,1-3H3,(H,28,29). The zero-order valence-electron chi connectivity index (χ0n) is 17.7. The predicted molar refractivity (Wildman–Crippen MR) is 120 cm³/mol. The minimum absolute atomic E-state index is 0.203. The second-order valence-electron chi connectivity index (χ2n) is 8.71. The molecule has 5 rings (SSSR count). The summed E-state index contributed by atoms with van der Waals surface area (Å²) in [5.74, 6) is -1.40. The first kappa shape index (κ1) is 20.4. The molecule has 3 heterocycles. The summed E-state index contributed by atoms with van der Waals surface area (Å²) in [5, 5.41) is 9.20. The molecule has 7 nitrogen and oxygen atoms in total. The first-order chi connectivity index (χ1) is 15.1. The van der Waals surface area contributed by atoms with Gasteiger partial charge in [-0.25, -0.2) is 19.0 Å². The van der Waals surface area contributed by atoms with Crippen molar-refractivity contribution in [3.8, 4) is 11.3 Å². The Hall–Kier alpha value is -3.46. The van der Waals surface area contributed by atoms with E-state index in [9.17, 15) is 19.1 Å². The predicted octanol–water partition coefficient (Wildman–Crippen LogP) is 5.35. The lowest BCUT2D eigenvalue weighted by Crippen LogP contribution is -2.35. The Morgan fingerprint density at radius 3 is 2.72 bits per heavy atom. The van der Waals surface area contributed by atoms with Crippen molar-refractivity contribution in [1.29, 1.82) is 0 Å². The molecule has 0 spiro atoms. The average Bonchev–Trinajstić information content (AvgIpc) is 3.37. The van der Waals surface area contributed by atoms with Crippen LogP contribution in [-0.2, 0) is 11.2 Å². The number of carboxylic acids is 1. The van der Waals surface area contributed by atoms with Crippen molar-refractivity contribution in [2.24, 2.45) is 0 Å². The van der Waals surface area contributed by atoms with Gasteiger partial charge in [0.15, 0.2) is 4.96 Å². The Morgan fingerprint density at radius 2 is 2.00 bits per heavy atom. The Bertz CT molecular complexity index is 1420. The van der Waals surface area contributed by atoms with Crippen molar-refractivity contribution in [3.63, 3.8) is 0 Å². The highest BCUT2D eigenvalue weighted by atomic mass is 32.1. The molecule has 9 heteroatoms. The highest BCUT2D eigenvalue weighted by molar-refractivity contribution is 7.23. The molecule has 1 aliphatic heterocycles. The summed E-state index contributed by atoms with van der Waals surface area (Å²) in [6.07, 6.45) is 1.83. The first-order valence-corrected chi connectivity index (χ1v) is 10.9. The molecule has 0 saturated carbocycles. The molecule has 0 radical (unpaired) electrons. The summed E-state index contributed by atoms with van der Waals surface area (Å²) < 4.78 is 23.1. The number of halogens is 1. The number of hydrogen-bond acceptors (Lipinski definition) is 5. The number of imidazole rings is 1. The summed E-state index contributed by atoms with van der Waals surface area (Å²) in [5.41, 5.74) is 2.49. The molecule has 2 aromatic carbocycles. The van der Waals surface area contributed by atoms with Crippen LogP contribution in [0, 0.1) is 5.82 Å². The molecule has 0 aliphatic carbocycles. The van der Waals surface area contributed by atoms with E-state index in [-0.39, 0.29) is 5.56 Å². The van der Waals surface area contributed by atoms with Gasteiger partial charge in [0.2, 0.25) is 0 Å². The quantitative estimate of drug-likeness (QED) is 0.442. The van der Waals surface area contributed by atoms with E-state index in [4.69, 9.17) is 4.74 Å². The Morgan fingerprint density at radius 1 is 1.22 bits per heavy atom. The number of aromatic carboxylic acids is 1. The van der Waals surface area contributed by atoms with Crippen LogP contribution in [0.15, 0.2) is 36.5 Å². The Labute approximate surface area is 186 Å². The van der Waals surface area contributed by atoms with Gasteiger partial charge in [-0.15, -0.1) is 0 Å². The number of nitrogens with zero attached hydrogens (tertiary/aromatic N) is 3. The highest BCUT2D eigenvalue weighted by Crippen LogP contribution is 2.37. The van der Waals surface area contributed by atoms with Crippen LogP contribution < -0.4 is 4.90 Å². The monoisotopic (exact) mass is 453 g/mol. The topological polar surface area (TPSA) is 84.1 Å². The molecule has 0 saturated heterocycles. The molecule has 1 amide bonds. The van der Waals surface area contributed by atoms with E-state index in [1.54, 1.807) is 45.2 Å². The van der Waals surface area contributed by atoms with Crippen LogP contribution in [0.4, 0.5) is 14.9 Å². The smallest absolute Gasteiger partial charge is 0.414 e. The van der Waals surface area contributed by atoms with Crippen molar-refractivity contribution >= 4 is 44.3 Å². The van der Waals surface area contributed by atoms with Crippen LogP contribution in [0.5, 0.6) is 0 Å². The second kappa shape index (κ2) is 7.03. The van der Waals surface area contributed by atoms with E-state index in [2.05, 4.69) is 4.98 Å². The fourth-order valence-corrected chi connectivity index (χ4v) is 4.92. The van der Waals surface area contributed by atoms with Crippen LogP contribution in [0.3, 0.4) is 0 Å². The van der Waals surface area contributed by atoms with E-state index in [1.807, 2.05) is 4.40 Å². The number of rotatable bonds is 2. The molecule has 0 unspecified atom stereocenters. The molecular weight excluding hydrogens is 433 g/mol. The van der Waals surface area contributed by atoms with Crippen molar-refractivity contribution in [2.75, 3.05) is 11.4 Å². The maximum atomic E-state index is 15.0. The molecule has 0 bridgehead atoms. The number of carbonyl (C=O) groups is 2. The van der Waals surface area contributed by atoms with Crippen molar-refractivity contribution in [1.82, 2.24) is 9.38 Å². The summed E-state index contributed by atoms with van der Waals surface area (Å²) in [6, 6.07) is 7.96. The van der Waals surface area contributed by atoms with Gasteiger partial charge in [-0.2, -0.15) is 0 Å². The number of ether oxygens (including phenoxy) is 1. The number of thiazole rings is 1. The molecule has 32 heavy (non-hydrogen) atoms. The van der Waals surface area contributed by atoms with Gasteiger partial charge >= 0.3 is 12.1 Å². The Kier molecular flexibility index (Phi) is 4.49. The maximum absolute atomic E-state index is 15.0. The van der Waals surface area contributed by atoms with Gasteiger partial charge in [0.1, 0.15) is 11.4 Å². The van der Waals surface area contributed by atoms with Crippen LogP contribution in [0.1, 0.15) is 36.7 Å². The fourth-order valence-electron chi connectivity index (χ4n) is 3.87. The molecule has 164 valence electrons. The van der Waals surface area contributed by atoms with E-state index in [1.165, 1.54) is 28.4 Å². The number of amides is 1. The average molecular weight is 453 g/mol. The molecule has 1 aliphatic rings. The molecular formula is C23H20FN3O4S. The molecule has 0 atom stereocenters. The summed E-state index contributed by atoms with van der Waals surface area (Å²) >= 11 is 1.33. The lowest BCUT2D eigenvalue weighted by molar-refractivity contribution is 0.0583. The first-order valence-electron chi connectivity index (χ1n) is 10.1. The maximum Gasteiger partial charge on any atom is 0.414 e. The molecule has 1 N–H and O–H groups in total. The Balaban J connectivity index is 1.56. The third kappa shape index (κ3) is 3.38. The van der Waals surface area contributed by atoms with Gasteiger partial charge in [-0.3, -0.25) is 9.30 Å². The van der Waals surface area contributed by atoms with Gasteiger partial charge in [-0.1, -0.05) is 11.3 Å². The number of hydrogen-bond donors (Lipinski definition) is 1. The number of aromatic nitrogens is 2. The summed E-state index contributed by atoms with van der Waals surface area (Å²) in [6.45, 7) is 5.85. The van der Waals surface area contributed by atoms with E-state index in [0.717, 1.165) is 15.8 Å². The van der Waals surface area contributed by atoms with Crippen molar-refractivity contribution in [2.45, 2.75) is 32.8 Å². The third-order valence-corrected chi connectivity index (χ3v) is 6.31. The minimum Gasteiger partial charge on any atom is -0.478 e. The van der Waals surface area contributed by atoms with E-state index in [0.29, 0.717) is 34.9 Å². The van der Waals surface area contributed by atoms with Crippen molar-refractivity contribution < 1.29 is 23.8 Å². The number of carbonyl (C=O) groups excluding carboxylic acids is 1. The van der Waals surface area contributed by atoms with Crippen LogP contribution >= 0.6 is 11.3 Å². The largest absolute Gasteiger partial charge is 0.478 e. The number of anilines is 1. The fraction of sp³-hybridized carbons (Fsp3) is 0.261. The summed E-state index contributed by atoms with van der Waals surface area (Å²) in [4.78, 5) is 30.6. The van der Waals surface area contributed by atoms with Gasteiger partial charge < -0.3 is 9.84 Å². The third-order valence-electron chi connectivity index (χ3n) is 5.29.